The molecule has 1 unspecified atom stereocenters. The van der Waals surface area contributed by atoms with E-state index in [-0.39, 0.29) is 0 Å². The summed E-state index contributed by atoms with van der Waals surface area (Å²) in [7, 11) is -2.67. The SMILES string of the molecule is COc1ccc(C2=CC(c3ccccc3)=S(O[Cl+3]([O-])([O-])[O-])C3=C2CCCC3)cc1OC. The number of hydrogen-bond acceptors (Lipinski definition) is 6. The Morgan fingerprint density at radius 1 is 0.839 bits per heavy atom. The first kappa shape index (κ1) is 22.1. The predicted octanol–water partition coefficient (Wildman–Crippen LogP) is 2.25. The van der Waals surface area contributed by atoms with Crippen LogP contribution < -0.4 is 23.5 Å². The minimum absolute atomic E-state index is 0.613. The quantitative estimate of drug-likeness (QED) is 0.611. The van der Waals surface area contributed by atoms with E-state index in [2.05, 4.69) is 0 Å². The highest BCUT2D eigenvalue weighted by Crippen LogP contribution is 2.49. The number of methoxy groups -OCH3 is 2. The van der Waals surface area contributed by atoms with Gasteiger partial charge in [0.15, 0.2) is 11.5 Å². The average Bonchev–Trinajstić information content (AvgIpc) is 2.78. The molecule has 0 saturated heterocycles. The minimum atomic E-state index is -4.57. The van der Waals surface area contributed by atoms with Gasteiger partial charge >= 0.3 is 0 Å². The van der Waals surface area contributed by atoms with E-state index in [9.17, 15) is 14.0 Å². The van der Waals surface area contributed by atoms with Crippen LogP contribution in [0.4, 0.5) is 0 Å². The molecule has 1 aliphatic carbocycles. The Bertz CT molecular complexity index is 1070. The van der Waals surface area contributed by atoms with E-state index in [0.29, 0.717) is 22.8 Å². The number of allylic oxidation sites excluding steroid dienone is 4. The van der Waals surface area contributed by atoms with Gasteiger partial charge in [0, 0.05) is 4.91 Å². The average molecular weight is 463 g/mol. The standard InChI is InChI=1S/C23H23ClO6S/c1-28-20-13-12-17(14-21(20)29-2)19-15-23(16-8-4-3-5-9-16)31(30-24(25,26)27)22-11-7-6-10-18(19)22/h3-5,8-9,12-15H,6-7,10-11H2,1-2H3. The lowest BCUT2D eigenvalue weighted by Gasteiger charge is -2.28. The molecule has 4 rings (SSSR count). The number of halogens is 1. The molecule has 0 aromatic heterocycles. The van der Waals surface area contributed by atoms with Gasteiger partial charge in [0.05, 0.1) is 29.3 Å². The van der Waals surface area contributed by atoms with Crippen molar-refractivity contribution >= 4 is 21.2 Å². The first-order valence-electron chi connectivity index (χ1n) is 9.85. The first-order chi connectivity index (χ1) is 14.9. The summed E-state index contributed by atoms with van der Waals surface area (Å²) >= 11 is 0. The second-order valence-electron chi connectivity index (χ2n) is 7.18. The highest BCUT2D eigenvalue weighted by Gasteiger charge is 2.35. The van der Waals surface area contributed by atoms with E-state index in [4.69, 9.17) is 13.2 Å². The Kier molecular flexibility index (Phi) is 6.52. The highest BCUT2D eigenvalue weighted by atomic mass is 35.7. The van der Waals surface area contributed by atoms with Gasteiger partial charge in [-0.3, -0.25) is 0 Å². The fraction of sp³-hybridized carbons (Fsp3) is 0.261. The van der Waals surface area contributed by atoms with Crippen LogP contribution in [0.3, 0.4) is 0 Å². The van der Waals surface area contributed by atoms with E-state index < -0.39 is 21.0 Å². The van der Waals surface area contributed by atoms with Gasteiger partial charge in [-0.15, -0.1) is 0 Å². The Labute approximate surface area is 186 Å². The lowest BCUT2D eigenvalue weighted by molar-refractivity contribution is -1.91. The van der Waals surface area contributed by atoms with Crippen LogP contribution in [0, 0.1) is 10.2 Å². The molecule has 0 N–H and O–H groups in total. The van der Waals surface area contributed by atoms with Crippen molar-refractivity contribution in [2.24, 2.45) is 0 Å². The summed E-state index contributed by atoms with van der Waals surface area (Å²) in [6.07, 6.45) is 5.33. The zero-order valence-electron chi connectivity index (χ0n) is 17.3. The van der Waals surface area contributed by atoms with Gasteiger partial charge in [-0.25, -0.2) is 0 Å². The fourth-order valence-electron chi connectivity index (χ4n) is 3.97. The molecule has 1 aliphatic heterocycles. The van der Waals surface area contributed by atoms with Crippen LogP contribution in [0.25, 0.3) is 5.57 Å². The van der Waals surface area contributed by atoms with Crippen molar-refractivity contribution in [3.05, 3.63) is 76.2 Å². The number of hydrogen-bond donors (Lipinski definition) is 0. The van der Waals surface area contributed by atoms with Gasteiger partial charge in [-0.1, -0.05) is 36.4 Å². The van der Waals surface area contributed by atoms with Gasteiger partial charge in [0.25, 0.3) is 0 Å². The molecule has 0 saturated carbocycles. The summed E-state index contributed by atoms with van der Waals surface area (Å²) in [6, 6.07) is 15.2. The van der Waals surface area contributed by atoms with Crippen molar-refractivity contribution in [2.75, 3.05) is 14.2 Å². The first-order valence-corrected chi connectivity index (χ1v) is 12.2. The molecular weight excluding hydrogens is 440 g/mol. The molecule has 0 radical (unpaired) electrons. The summed E-state index contributed by atoms with van der Waals surface area (Å²) in [5, 5.41) is 0. The molecule has 164 valence electrons. The minimum Gasteiger partial charge on any atom is -0.493 e. The van der Waals surface area contributed by atoms with Crippen LogP contribution in [-0.2, 0) is 3.74 Å². The van der Waals surface area contributed by atoms with Gasteiger partial charge in [-0.05, 0) is 66.2 Å². The third kappa shape index (κ3) is 4.72. The molecule has 8 heteroatoms. The third-order valence-electron chi connectivity index (χ3n) is 5.33. The third-order valence-corrected chi connectivity index (χ3v) is 8.11. The fourth-order valence-corrected chi connectivity index (χ4v) is 6.77. The maximum absolute atomic E-state index is 11.6. The summed E-state index contributed by atoms with van der Waals surface area (Å²) in [6.45, 7) is 0. The number of rotatable bonds is 6. The van der Waals surface area contributed by atoms with E-state index in [1.807, 2.05) is 54.6 Å². The zero-order chi connectivity index (χ0) is 22.0. The van der Waals surface area contributed by atoms with Crippen molar-refractivity contribution in [2.45, 2.75) is 25.7 Å². The smallest absolute Gasteiger partial charge is 0.161 e. The zero-order valence-corrected chi connectivity index (χ0v) is 18.8. The number of ether oxygens (including phenoxy) is 2. The topological polar surface area (TPSA) is 96.9 Å². The second kappa shape index (κ2) is 9.16. The molecule has 0 bridgehead atoms. The molecule has 0 spiro atoms. The summed E-state index contributed by atoms with van der Waals surface area (Å²) in [4.78, 5) is 1.56. The molecule has 1 atom stereocenters. The van der Waals surface area contributed by atoms with Crippen LogP contribution in [-0.4, -0.2) is 19.1 Å². The molecule has 2 aromatic carbocycles. The van der Waals surface area contributed by atoms with Crippen LogP contribution >= 0.6 is 10.8 Å². The molecule has 0 fully saturated rings. The van der Waals surface area contributed by atoms with Crippen molar-refractivity contribution in [3.8, 4) is 11.5 Å². The predicted molar refractivity (Wildman–Crippen MR) is 112 cm³/mol. The lowest BCUT2D eigenvalue weighted by atomic mass is 9.87. The molecule has 6 nitrogen and oxygen atoms in total. The van der Waals surface area contributed by atoms with Crippen molar-refractivity contribution in [1.82, 2.24) is 0 Å². The summed E-state index contributed by atoms with van der Waals surface area (Å²) < 4.78 is 50.7. The van der Waals surface area contributed by atoms with Gasteiger partial charge < -0.3 is 9.47 Å². The van der Waals surface area contributed by atoms with E-state index in [0.717, 1.165) is 46.4 Å². The van der Waals surface area contributed by atoms with E-state index in [1.54, 1.807) is 14.2 Å². The Morgan fingerprint density at radius 2 is 1.55 bits per heavy atom. The Hall–Kier alpha value is -2.13. The maximum Gasteiger partial charge on any atom is 0.161 e. The monoisotopic (exact) mass is 462 g/mol. The van der Waals surface area contributed by atoms with E-state index in [1.165, 1.54) is 0 Å². The normalized spacial score (nSPS) is 19.1. The van der Waals surface area contributed by atoms with Crippen molar-refractivity contribution in [3.63, 3.8) is 0 Å². The lowest BCUT2D eigenvalue weighted by Crippen LogP contribution is -2.60. The molecule has 1 heterocycles. The van der Waals surface area contributed by atoms with Crippen LogP contribution in [0.1, 0.15) is 36.8 Å². The molecular formula is C23H23ClO6S. The van der Waals surface area contributed by atoms with E-state index >= 15 is 0 Å². The highest BCUT2D eigenvalue weighted by molar-refractivity contribution is 8.15. The Balaban J connectivity index is 1.95. The summed E-state index contributed by atoms with van der Waals surface area (Å²) in [5.41, 5.74) is 3.79. The second-order valence-corrected chi connectivity index (χ2v) is 9.91. The maximum atomic E-state index is 11.6. The molecule has 2 aliphatic rings. The molecule has 0 amide bonds. The van der Waals surface area contributed by atoms with Crippen LogP contribution in [0.15, 0.2) is 65.1 Å². The Morgan fingerprint density at radius 3 is 2.23 bits per heavy atom. The summed E-state index contributed by atoms with van der Waals surface area (Å²) in [5.74, 6) is 1.24. The van der Waals surface area contributed by atoms with Crippen molar-refractivity contribution in [1.29, 1.82) is 0 Å². The molecule has 31 heavy (non-hydrogen) atoms. The molecule has 2 aromatic rings. The van der Waals surface area contributed by atoms with Crippen molar-refractivity contribution < 1.29 is 37.4 Å². The largest absolute Gasteiger partial charge is 0.493 e. The van der Waals surface area contributed by atoms with Gasteiger partial charge in [-0.2, -0.15) is 14.0 Å². The van der Waals surface area contributed by atoms with Gasteiger partial charge in [0.1, 0.15) is 14.5 Å². The van der Waals surface area contributed by atoms with Gasteiger partial charge in [0.2, 0.25) is 0 Å². The van der Waals surface area contributed by atoms with Crippen LogP contribution in [0.5, 0.6) is 11.5 Å². The van der Waals surface area contributed by atoms with Crippen LogP contribution in [0.2, 0.25) is 0 Å². The number of benzene rings is 2.